The summed E-state index contributed by atoms with van der Waals surface area (Å²) in [5.41, 5.74) is 0.782. The number of ether oxygens (including phenoxy) is 1. The molecule has 126 valence electrons. The molecular formula is C18H19FN2O3. The third kappa shape index (κ3) is 4.32. The molecule has 24 heavy (non-hydrogen) atoms. The van der Waals surface area contributed by atoms with Gasteiger partial charge in [-0.15, -0.1) is 0 Å². The van der Waals surface area contributed by atoms with Crippen LogP contribution >= 0.6 is 0 Å². The first-order chi connectivity index (χ1) is 11.4. The fourth-order valence-corrected chi connectivity index (χ4v) is 2.05. The lowest BCUT2D eigenvalue weighted by molar-refractivity contribution is -0.122. The van der Waals surface area contributed by atoms with Gasteiger partial charge in [-0.3, -0.25) is 9.59 Å². The predicted molar refractivity (Wildman–Crippen MR) is 89.6 cm³/mol. The lowest BCUT2D eigenvalue weighted by atomic mass is 10.1. The summed E-state index contributed by atoms with van der Waals surface area (Å²) < 4.78 is 18.6. The van der Waals surface area contributed by atoms with Crippen molar-refractivity contribution < 1.29 is 18.7 Å². The van der Waals surface area contributed by atoms with Crippen molar-refractivity contribution in [3.63, 3.8) is 0 Å². The van der Waals surface area contributed by atoms with Crippen molar-refractivity contribution in [1.29, 1.82) is 0 Å². The number of carbonyl (C=O) groups is 2. The summed E-state index contributed by atoms with van der Waals surface area (Å²) in [6.45, 7) is 1.55. The van der Waals surface area contributed by atoms with Gasteiger partial charge in [0.05, 0.1) is 11.3 Å². The van der Waals surface area contributed by atoms with Gasteiger partial charge in [-0.2, -0.15) is 0 Å². The van der Waals surface area contributed by atoms with Gasteiger partial charge in [0.15, 0.2) is 6.10 Å². The zero-order valence-electron chi connectivity index (χ0n) is 13.7. The first-order valence-electron chi connectivity index (χ1n) is 7.42. The number of para-hydroxylation sites is 1. The fraction of sp³-hybridized carbons (Fsp3) is 0.222. The van der Waals surface area contributed by atoms with Crippen LogP contribution in [0.1, 0.15) is 17.3 Å². The molecule has 0 aliphatic heterocycles. The van der Waals surface area contributed by atoms with Crippen molar-refractivity contribution >= 4 is 17.5 Å². The normalized spacial score (nSPS) is 11.5. The summed E-state index contributed by atoms with van der Waals surface area (Å²) in [6.07, 6.45) is -0.852. The van der Waals surface area contributed by atoms with Gasteiger partial charge in [-0.1, -0.05) is 18.2 Å². The van der Waals surface area contributed by atoms with Crippen molar-refractivity contribution in [3.8, 4) is 5.75 Å². The Morgan fingerprint density at radius 1 is 1.12 bits per heavy atom. The molecule has 0 saturated carbocycles. The maximum atomic E-state index is 13.2. The maximum absolute atomic E-state index is 13.2. The lowest BCUT2D eigenvalue weighted by Crippen LogP contribution is -2.31. The number of nitrogens with one attached hydrogen (secondary N) is 1. The monoisotopic (exact) mass is 330 g/mol. The van der Waals surface area contributed by atoms with Crippen LogP contribution in [-0.4, -0.2) is 36.9 Å². The highest BCUT2D eigenvalue weighted by molar-refractivity contribution is 6.04. The molecule has 5 nitrogen and oxygen atoms in total. The van der Waals surface area contributed by atoms with Gasteiger partial charge in [0.25, 0.3) is 11.8 Å². The minimum absolute atomic E-state index is 0.218. The number of anilines is 1. The largest absolute Gasteiger partial charge is 0.481 e. The number of nitrogens with zero attached hydrogens (tertiary/aromatic N) is 1. The van der Waals surface area contributed by atoms with Crippen LogP contribution in [0, 0.1) is 5.82 Å². The first kappa shape index (κ1) is 17.5. The Morgan fingerprint density at radius 3 is 2.50 bits per heavy atom. The molecule has 2 amide bonds. The average Bonchev–Trinajstić information content (AvgIpc) is 2.54. The fourth-order valence-electron chi connectivity index (χ4n) is 2.05. The SMILES string of the molecule is CC(Oc1cccc(F)c1)C(=O)Nc1ccccc1C(=O)N(C)C. The van der Waals surface area contributed by atoms with Crippen LogP contribution in [0.2, 0.25) is 0 Å². The molecule has 0 aromatic heterocycles. The number of amides is 2. The van der Waals surface area contributed by atoms with E-state index in [4.69, 9.17) is 4.74 Å². The Bertz CT molecular complexity index is 747. The van der Waals surface area contributed by atoms with E-state index in [1.807, 2.05) is 0 Å². The van der Waals surface area contributed by atoms with Crippen molar-refractivity contribution in [2.45, 2.75) is 13.0 Å². The van der Waals surface area contributed by atoms with E-state index < -0.39 is 17.8 Å². The Hall–Kier alpha value is -2.89. The van der Waals surface area contributed by atoms with Gasteiger partial charge in [0.1, 0.15) is 11.6 Å². The molecule has 0 heterocycles. The second-order valence-electron chi connectivity index (χ2n) is 5.45. The van der Waals surface area contributed by atoms with E-state index in [9.17, 15) is 14.0 Å². The van der Waals surface area contributed by atoms with Gasteiger partial charge >= 0.3 is 0 Å². The molecule has 6 heteroatoms. The van der Waals surface area contributed by atoms with Gasteiger partial charge in [0, 0.05) is 20.2 Å². The number of carbonyl (C=O) groups excluding carboxylic acids is 2. The zero-order chi connectivity index (χ0) is 17.7. The predicted octanol–water partition coefficient (Wildman–Crippen LogP) is 2.93. The highest BCUT2D eigenvalue weighted by Gasteiger charge is 2.19. The third-order valence-corrected chi connectivity index (χ3v) is 3.30. The number of benzene rings is 2. The Kier molecular flexibility index (Phi) is 5.52. The molecule has 1 unspecified atom stereocenters. The maximum Gasteiger partial charge on any atom is 0.265 e. The quantitative estimate of drug-likeness (QED) is 0.917. The van der Waals surface area contributed by atoms with Crippen molar-refractivity contribution in [2.75, 3.05) is 19.4 Å². The van der Waals surface area contributed by atoms with E-state index in [2.05, 4.69) is 5.32 Å². The van der Waals surface area contributed by atoms with Gasteiger partial charge in [-0.25, -0.2) is 4.39 Å². The minimum Gasteiger partial charge on any atom is -0.481 e. The highest BCUT2D eigenvalue weighted by atomic mass is 19.1. The summed E-state index contributed by atoms with van der Waals surface area (Å²) in [5.74, 6) is -0.833. The van der Waals surface area contributed by atoms with E-state index in [0.29, 0.717) is 11.3 Å². The Labute approximate surface area is 140 Å². The summed E-state index contributed by atoms with van der Waals surface area (Å²) in [7, 11) is 3.27. The van der Waals surface area contributed by atoms with Gasteiger partial charge in [0.2, 0.25) is 0 Å². The molecular weight excluding hydrogens is 311 g/mol. The lowest BCUT2D eigenvalue weighted by Gasteiger charge is -2.17. The number of halogens is 1. The standard InChI is InChI=1S/C18H19FN2O3/c1-12(24-14-8-6-7-13(19)11-14)17(22)20-16-10-5-4-9-15(16)18(23)21(2)3/h4-12H,1-3H3,(H,20,22). The summed E-state index contributed by atoms with van der Waals surface area (Å²) in [6, 6.07) is 12.3. The van der Waals surface area contributed by atoms with Gasteiger partial charge in [-0.05, 0) is 31.2 Å². The molecule has 2 aromatic rings. The molecule has 2 rings (SSSR count). The van der Waals surface area contributed by atoms with Crippen LogP contribution in [0.15, 0.2) is 48.5 Å². The smallest absolute Gasteiger partial charge is 0.265 e. The molecule has 0 radical (unpaired) electrons. The molecule has 0 spiro atoms. The Morgan fingerprint density at radius 2 is 1.83 bits per heavy atom. The number of hydrogen-bond acceptors (Lipinski definition) is 3. The molecule has 0 fully saturated rings. The van der Waals surface area contributed by atoms with Crippen LogP contribution in [0.5, 0.6) is 5.75 Å². The topological polar surface area (TPSA) is 58.6 Å². The second kappa shape index (κ2) is 7.59. The summed E-state index contributed by atoms with van der Waals surface area (Å²) >= 11 is 0. The third-order valence-electron chi connectivity index (χ3n) is 3.30. The van der Waals surface area contributed by atoms with E-state index in [-0.39, 0.29) is 11.7 Å². The molecule has 1 N–H and O–H groups in total. The Balaban J connectivity index is 2.10. The first-order valence-corrected chi connectivity index (χ1v) is 7.42. The van der Waals surface area contributed by atoms with Crippen LogP contribution < -0.4 is 10.1 Å². The number of hydrogen-bond donors (Lipinski definition) is 1. The van der Waals surface area contributed by atoms with E-state index >= 15 is 0 Å². The molecule has 0 bridgehead atoms. The zero-order valence-corrected chi connectivity index (χ0v) is 13.7. The average molecular weight is 330 g/mol. The van der Waals surface area contributed by atoms with Crippen molar-refractivity contribution in [3.05, 3.63) is 59.9 Å². The van der Waals surface area contributed by atoms with Crippen molar-refractivity contribution in [2.24, 2.45) is 0 Å². The van der Waals surface area contributed by atoms with E-state index in [0.717, 1.165) is 0 Å². The molecule has 0 aliphatic carbocycles. The van der Waals surface area contributed by atoms with Crippen molar-refractivity contribution in [1.82, 2.24) is 4.90 Å². The molecule has 0 aliphatic rings. The second-order valence-corrected chi connectivity index (χ2v) is 5.45. The number of rotatable bonds is 5. The van der Waals surface area contributed by atoms with Crippen LogP contribution in [0.25, 0.3) is 0 Å². The summed E-state index contributed by atoms with van der Waals surface area (Å²) in [4.78, 5) is 25.9. The molecule has 0 saturated heterocycles. The summed E-state index contributed by atoms with van der Waals surface area (Å²) in [5, 5.41) is 2.68. The van der Waals surface area contributed by atoms with E-state index in [1.165, 1.54) is 23.1 Å². The molecule has 1 atom stereocenters. The van der Waals surface area contributed by atoms with Crippen LogP contribution in [-0.2, 0) is 4.79 Å². The highest BCUT2D eigenvalue weighted by Crippen LogP contribution is 2.18. The van der Waals surface area contributed by atoms with Crippen LogP contribution in [0.3, 0.4) is 0 Å². The van der Waals surface area contributed by atoms with Gasteiger partial charge < -0.3 is 15.0 Å². The molecule has 2 aromatic carbocycles. The van der Waals surface area contributed by atoms with E-state index in [1.54, 1.807) is 51.4 Å². The minimum atomic E-state index is -0.852. The van der Waals surface area contributed by atoms with Crippen LogP contribution in [0.4, 0.5) is 10.1 Å².